The molecule has 3 N–H and O–H groups in total. The third-order valence-corrected chi connectivity index (χ3v) is 5.18. The molecule has 27 heavy (non-hydrogen) atoms. The summed E-state index contributed by atoms with van der Waals surface area (Å²) in [5, 5.41) is 27.4. The smallest absolute Gasteiger partial charge is 0.334 e. The monoisotopic (exact) mass is 385 g/mol. The number of carbonyl (C=O) groups is 1. The van der Waals surface area contributed by atoms with E-state index >= 15 is 0 Å². The van der Waals surface area contributed by atoms with E-state index in [2.05, 4.69) is 10.6 Å². The summed E-state index contributed by atoms with van der Waals surface area (Å²) >= 11 is 4.77. The number of allylic oxidation sites excluding steroid dienone is 4. The first-order valence-corrected chi connectivity index (χ1v) is 8.70. The Hall–Kier alpha value is -3.00. The van der Waals surface area contributed by atoms with Gasteiger partial charge >= 0.3 is 5.97 Å². The Bertz CT molecular complexity index is 948. The van der Waals surface area contributed by atoms with Crippen molar-refractivity contribution in [1.82, 2.24) is 10.6 Å². The summed E-state index contributed by atoms with van der Waals surface area (Å²) in [6.07, 6.45) is 7.17. The minimum absolute atomic E-state index is 0.0920. The number of aliphatic carboxylic acids is 1. The number of hydrogen-bond donors (Lipinski definition) is 4. The molecule has 2 atom stereocenters. The lowest BCUT2D eigenvalue weighted by Crippen LogP contribution is -2.44. The summed E-state index contributed by atoms with van der Waals surface area (Å²) in [5.74, 6) is -1.79. The lowest BCUT2D eigenvalue weighted by molar-refractivity contribution is -0.384. The van der Waals surface area contributed by atoms with Gasteiger partial charge in [0, 0.05) is 35.0 Å². The molecule has 8 heteroatoms. The molecule has 140 valence electrons. The number of hydrogen-bond acceptors (Lipinski definition) is 6. The van der Waals surface area contributed by atoms with Crippen LogP contribution in [-0.2, 0) is 4.79 Å². The molecule has 3 rings (SSSR count). The molecule has 0 saturated carbocycles. The maximum absolute atomic E-state index is 12.1. The summed E-state index contributed by atoms with van der Waals surface area (Å²) in [7, 11) is 0. The Balaban J connectivity index is 2.24. The fourth-order valence-corrected chi connectivity index (χ4v) is 4.03. The molecule has 0 radical (unpaired) electrons. The first-order valence-electron chi connectivity index (χ1n) is 8.25. The van der Waals surface area contributed by atoms with Gasteiger partial charge in [-0.25, -0.2) is 4.79 Å². The molecule has 0 amide bonds. The SMILES string of the molecule is CC1=C(C(=O)O)C(c2cccc([N+](=O)[O-])c2)C(C2(S)C=CC=CN2)=C(C)N1. The molecule has 0 spiro atoms. The molecule has 0 bridgehead atoms. The lowest BCUT2D eigenvalue weighted by atomic mass is 9.76. The third kappa shape index (κ3) is 3.35. The second kappa shape index (κ2) is 6.96. The van der Waals surface area contributed by atoms with Gasteiger partial charge in [-0.05, 0) is 37.8 Å². The lowest BCUT2D eigenvalue weighted by Gasteiger charge is -2.40. The first-order chi connectivity index (χ1) is 12.7. The fourth-order valence-electron chi connectivity index (χ4n) is 3.58. The Labute approximate surface area is 161 Å². The number of non-ortho nitro benzene ring substituents is 1. The highest BCUT2D eigenvalue weighted by molar-refractivity contribution is 7.82. The molecule has 2 aliphatic rings. The number of nitrogens with zero attached hydrogens (tertiary/aromatic N) is 1. The highest BCUT2D eigenvalue weighted by Crippen LogP contribution is 2.45. The predicted molar refractivity (Wildman–Crippen MR) is 105 cm³/mol. The van der Waals surface area contributed by atoms with Gasteiger partial charge in [-0.1, -0.05) is 18.2 Å². The standard InChI is InChI=1S/C19H19N3O4S/c1-11-15(18(23)24)16(13-6-5-7-14(10-13)22(25)26)17(12(2)21-11)19(27)8-3-4-9-20-19/h3-10,16,20-21,27H,1-2H3,(H,23,24). The van der Waals surface area contributed by atoms with Crippen molar-refractivity contribution in [2.45, 2.75) is 24.6 Å². The number of nitro benzene ring substituents is 1. The van der Waals surface area contributed by atoms with Gasteiger partial charge in [-0.2, -0.15) is 0 Å². The summed E-state index contributed by atoms with van der Waals surface area (Å²) in [5.41, 5.74) is 2.48. The molecule has 0 saturated heterocycles. The van der Waals surface area contributed by atoms with Crippen molar-refractivity contribution in [3.63, 3.8) is 0 Å². The fraction of sp³-hybridized carbons (Fsp3) is 0.211. The van der Waals surface area contributed by atoms with E-state index in [0.29, 0.717) is 16.8 Å². The van der Waals surface area contributed by atoms with Crippen molar-refractivity contribution >= 4 is 24.3 Å². The van der Waals surface area contributed by atoms with Crippen LogP contribution in [-0.4, -0.2) is 20.9 Å². The van der Waals surface area contributed by atoms with Crippen molar-refractivity contribution in [3.05, 3.63) is 86.9 Å². The number of carboxylic acids is 1. The molecule has 0 aliphatic carbocycles. The Morgan fingerprint density at radius 2 is 2.04 bits per heavy atom. The molecule has 7 nitrogen and oxygen atoms in total. The average Bonchev–Trinajstić information content (AvgIpc) is 2.61. The van der Waals surface area contributed by atoms with Crippen molar-refractivity contribution in [2.75, 3.05) is 0 Å². The van der Waals surface area contributed by atoms with E-state index in [1.807, 2.05) is 25.2 Å². The molecule has 0 aromatic heterocycles. The van der Waals surface area contributed by atoms with Gasteiger partial charge in [0.05, 0.1) is 10.5 Å². The van der Waals surface area contributed by atoms with Crippen LogP contribution in [0.15, 0.2) is 71.2 Å². The van der Waals surface area contributed by atoms with Crippen LogP contribution in [0.3, 0.4) is 0 Å². The van der Waals surface area contributed by atoms with Gasteiger partial charge in [0.2, 0.25) is 0 Å². The van der Waals surface area contributed by atoms with Crippen molar-refractivity contribution in [1.29, 1.82) is 0 Å². The zero-order chi connectivity index (χ0) is 19.8. The van der Waals surface area contributed by atoms with E-state index < -0.39 is 21.7 Å². The van der Waals surface area contributed by atoms with Crippen LogP contribution in [0.25, 0.3) is 0 Å². The van der Waals surface area contributed by atoms with E-state index in [0.717, 1.165) is 5.70 Å². The number of rotatable bonds is 4. The molecule has 2 heterocycles. The minimum atomic E-state index is -1.09. The molecule has 1 aromatic carbocycles. The summed E-state index contributed by atoms with van der Waals surface area (Å²) < 4.78 is 0. The number of thiol groups is 1. The highest BCUT2D eigenvalue weighted by atomic mass is 32.1. The number of nitro groups is 1. The van der Waals surface area contributed by atoms with Gasteiger partial charge in [-0.15, -0.1) is 12.6 Å². The van der Waals surface area contributed by atoms with Crippen LogP contribution in [0.2, 0.25) is 0 Å². The number of dihydropyridines is 2. The quantitative estimate of drug-likeness (QED) is 0.360. The van der Waals surface area contributed by atoms with Gasteiger partial charge in [0.25, 0.3) is 5.69 Å². The molecule has 2 unspecified atom stereocenters. The molecular weight excluding hydrogens is 366 g/mol. The Kier molecular flexibility index (Phi) is 4.84. The maximum Gasteiger partial charge on any atom is 0.334 e. The van der Waals surface area contributed by atoms with Gasteiger partial charge < -0.3 is 15.7 Å². The highest BCUT2D eigenvalue weighted by Gasteiger charge is 2.42. The zero-order valence-corrected chi connectivity index (χ0v) is 15.7. The van der Waals surface area contributed by atoms with Crippen molar-refractivity contribution in [2.24, 2.45) is 0 Å². The van der Waals surface area contributed by atoms with Crippen LogP contribution in [0.4, 0.5) is 5.69 Å². The van der Waals surface area contributed by atoms with E-state index in [-0.39, 0.29) is 11.3 Å². The van der Waals surface area contributed by atoms with Crippen molar-refractivity contribution in [3.8, 4) is 0 Å². The van der Waals surface area contributed by atoms with Crippen LogP contribution in [0.1, 0.15) is 25.3 Å². The van der Waals surface area contributed by atoms with Crippen molar-refractivity contribution < 1.29 is 14.8 Å². The molecule has 1 aromatic rings. The Morgan fingerprint density at radius 1 is 1.30 bits per heavy atom. The minimum Gasteiger partial charge on any atom is -0.478 e. The van der Waals surface area contributed by atoms with Crippen LogP contribution < -0.4 is 10.6 Å². The second-order valence-electron chi connectivity index (χ2n) is 6.42. The largest absolute Gasteiger partial charge is 0.478 e. The van der Waals surface area contributed by atoms with Crippen LogP contribution in [0.5, 0.6) is 0 Å². The molecular formula is C19H19N3O4S. The maximum atomic E-state index is 12.1. The number of benzene rings is 1. The number of carboxylic acid groups (broad SMARTS) is 1. The topological polar surface area (TPSA) is 104 Å². The summed E-state index contributed by atoms with van der Waals surface area (Å²) in [4.78, 5) is 21.9. The second-order valence-corrected chi connectivity index (χ2v) is 7.13. The summed E-state index contributed by atoms with van der Waals surface area (Å²) in [6, 6.07) is 6.06. The van der Waals surface area contributed by atoms with Crippen LogP contribution >= 0.6 is 12.6 Å². The summed E-state index contributed by atoms with van der Waals surface area (Å²) in [6.45, 7) is 3.52. The zero-order valence-electron chi connectivity index (χ0n) is 14.8. The van der Waals surface area contributed by atoms with E-state index in [1.54, 1.807) is 25.3 Å². The van der Waals surface area contributed by atoms with Gasteiger partial charge in [0.15, 0.2) is 0 Å². The average molecular weight is 385 g/mol. The first kappa shape index (κ1) is 18.8. The Morgan fingerprint density at radius 3 is 2.63 bits per heavy atom. The number of nitrogens with one attached hydrogen (secondary N) is 2. The van der Waals surface area contributed by atoms with E-state index in [9.17, 15) is 20.0 Å². The normalized spacial score (nSPS) is 24.5. The molecule has 2 aliphatic heterocycles. The van der Waals surface area contributed by atoms with Gasteiger partial charge in [-0.3, -0.25) is 10.1 Å². The van der Waals surface area contributed by atoms with E-state index in [1.165, 1.54) is 12.1 Å². The van der Waals surface area contributed by atoms with E-state index in [4.69, 9.17) is 12.6 Å². The third-order valence-electron chi connectivity index (χ3n) is 4.66. The molecule has 0 fully saturated rings. The van der Waals surface area contributed by atoms with Gasteiger partial charge in [0.1, 0.15) is 4.87 Å². The predicted octanol–water partition coefficient (Wildman–Crippen LogP) is 3.21. The van der Waals surface area contributed by atoms with Crippen LogP contribution in [0, 0.1) is 10.1 Å².